The molecule has 0 aliphatic rings. The minimum atomic E-state index is -1.51. The van der Waals surface area contributed by atoms with Gasteiger partial charge < -0.3 is 28.5 Å². The number of hydrogen-bond acceptors (Lipinski definition) is 7. The van der Waals surface area contributed by atoms with E-state index in [4.69, 9.17) is 18.9 Å². The Labute approximate surface area is 362 Å². The number of nitrogens with zero attached hydrogens (tertiary/aromatic N) is 1. The molecule has 0 fully saturated rings. The molecule has 9 nitrogen and oxygen atoms in total. The van der Waals surface area contributed by atoms with Gasteiger partial charge in [-0.3, -0.25) is 9.59 Å². The number of likely N-dealkylation sites (N-methyl/N-ethyl adjacent to an activating group) is 1. The molecule has 0 saturated heterocycles. The number of quaternary nitrogens is 1. The van der Waals surface area contributed by atoms with Crippen LogP contribution in [0.5, 0.6) is 0 Å². The molecule has 2 atom stereocenters. The molecule has 0 aromatic carbocycles. The van der Waals surface area contributed by atoms with Gasteiger partial charge in [0.25, 0.3) is 6.29 Å². The molecule has 0 aliphatic heterocycles. The number of hydrogen-bond donors (Lipinski definition) is 1. The first-order valence-corrected chi connectivity index (χ1v) is 24.2. The highest BCUT2D eigenvalue weighted by Gasteiger charge is 2.25. The molecule has 9 heteroatoms. The SMILES string of the molecule is CCCCC/C=C\C/C=C\C/C=C\CCCCCCCCC(=O)OC(COC(=O)CCCCCCCCCCCCCCCCC)COC(OCC[N+](C)(C)C)C(=O)O. The summed E-state index contributed by atoms with van der Waals surface area (Å²) in [5, 5.41) is 9.65. The van der Waals surface area contributed by atoms with Gasteiger partial charge in [-0.2, -0.15) is 0 Å². The Morgan fingerprint density at radius 2 is 0.915 bits per heavy atom. The number of rotatable bonds is 44. The molecule has 344 valence electrons. The van der Waals surface area contributed by atoms with E-state index >= 15 is 0 Å². The second kappa shape index (κ2) is 42.2. The molecule has 0 heterocycles. The Kier molecular flexibility index (Phi) is 40.4. The van der Waals surface area contributed by atoms with Crippen LogP contribution in [0.2, 0.25) is 0 Å². The van der Waals surface area contributed by atoms with Crippen molar-refractivity contribution in [1.82, 2.24) is 0 Å². The second-order valence-corrected chi connectivity index (χ2v) is 17.4. The van der Waals surface area contributed by atoms with Crippen molar-refractivity contribution in [1.29, 1.82) is 0 Å². The lowest BCUT2D eigenvalue weighted by Gasteiger charge is -2.25. The number of carboxylic acid groups (broad SMARTS) is 1. The summed E-state index contributed by atoms with van der Waals surface area (Å²) in [5.74, 6) is -2.02. The van der Waals surface area contributed by atoms with Gasteiger partial charge in [0, 0.05) is 12.8 Å². The highest BCUT2D eigenvalue weighted by atomic mass is 16.7. The van der Waals surface area contributed by atoms with E-state index in [1.54, 1.807) is 0 Å². The maximum absolute atomic E-state index is 12.8. The van der Waals surface area contributed by atoms with Gasteiger partial charge >= 0.3 is 17.9 Å². The van der Waals surface area contributed by atoms with Crippen LogP contribution < -0.4 is 0 Å². The van der Waals surface area contributed by atoms with Crippen molar-refractivity contribution in [3.8, 4) is 0 Å². The standard InChI is InChI=1S/C50H91NO8/c1-6-8-10-12-14-16-18-20-22-23-24-25-27-29-31-33-35-37-39-41-48(53)59-46(45-58-50(49(54)55)56-43-42-51(3,4)5)44-57-47(52)40-38-36-34-32-30-28-26-21-19-17-15-13-11-9-7-2/h14,16,20,22,24-25,46,50H,6-13,15,17-19,21,23,26-45H2,1-5H3/p+1/b16-14-,22-20-,25-24-. The average Bonchev–Trinajstić information content (AvgIpc) is 3.19. The van der Waals surface area contributed by atoms with E-state index < -0.39 is 24.3 Å². The molecule has 1 N–H and O–H groups in total. The molecule has 59 heavy (non-hydrogen) atoms. The molecule has 0 rings (SSSR count). The summed E-state index contributed by atoms with van der Waals surface area (Å²) in [5.41, 5.74) is 0. The van der Waals surface area contributed by atoms with Crippen LogP contribution in [0.3, 0.4) is 0 Å². The number of carboxylic acids is 1. The quantitative estimate of drug-likeness (QED) is 0.0213. The molecule has 0 radical (unpaired) electrons. The number of carbonyl (C=O) groups excluding carboxylic acids is 2. The van der Waals surface area contributed by atoms with Crippen molar-refractivity contribution < 1.29 is 42.9 Å². The first-order valence-electron chi connectivity index (χ1n) is 24.2. The van der Waals surface area contributed by atoms with Crippen LogP contribution in [-0.2, 0) is 33.3 Å². The van der Waals surface area contributed by atoms with E-state index in [1.165, 1.54) is 116 Å². The predicted molar refractivity (Wildman–Crippen MR) is 244 cm³/mol. The van der Waals surface area contributed by atoms with Gasteiger partial charge in [-0.25, -0.2) is 4.79 Å². The van der Waals surface area contributed by atoms with E-state index in [1.807, 2.05) is 21.1 Å². The van der Waals surface area contributed by atoms with Crippen LogP contribution in [-0.4, -0.2) is 87.4 Å². The maximum atomic E-state index is 12.8. The Hall–Kier alpha value is -2.49. The lowest BCUT2D eigenvalue weighted by atomic mass is 10.0. The number of allylic oxidation sites excluding steroid dienone is 6. The highest BCUT2D eigenvalue weighted by Crippen LogP contribution is 2.15. The van der Waals surface area contributed by atoms with Gasteiger partial charge in [0.15, 0.2) is 6.10 Å². The van der Waals surface area contributed by atoms with Crippen LogP contribution in [0.1, 0.15) is 206 Å². The zero-order valence-corrected chi connectivity index (χ0v) is 38.9. The number of aliphatic carboxylic acids is 1. The van der Waals surface area contributed by atoms with Crippen LogP contribution >= 0.6 is 0 Å². The van der Waals surface area contributed by atoms with Gasteiger partial charge in [0.2, 0.25) is 0 Å². The molecule has 0 bridgehead atoms. The smallest absolute Gasteiger partial charge is 0.361 e. The number of unbranched alkanes of at least 4 members (excludes halogenated alkanes) is 23. The zero-order chi connectivity index (χ0) is 43.5. The summed E-state index contributed by atoms with van der Waals surface area (Å²) in [6.07, 6.45) is 44.8. The minimum Gasteiger partial charge on any atom is -0.477 e. The fraction of sp³-hybridized carbons (Fsp3) is 0.820. The fourth-order valence-corrected chi connectivity index (χ4v) is 6.61. The monoisotopic (exact) mass is 835 g/mol. The van der Waals surface area contributed by atoms with Gasteiger partial charge in [0.1, 0.15) is 13.2 Å². The van der Waals surface area contributed by atoms with Gasteiger partial charge in [0.05, 0.1) is 34.4 Å². The Morgan fingerprint density at radius 3 is 1.39 bits per heavy atom. The normalized spacial score (nSPS) is 13.2. The largest absolute Gasteiger partial charge is 0.477 e. The van der Waals surface area contributed by atoms with Crippen molar-refractivity contribution in [2.24, 2.45) is 0 Å². The molecule has 0 aromatic heterocycles. The summed E-state index contributed by atoms with van der Waals surface area (Å²) in [7, 11) is 5.95. The summed E-state index contributed by atoms with van der Waals surface area (Å²) in [6, 6.07) is 0. The third kappa shape index (κ3) is 43.4. The van der Waals surface area contributed by atoms with E-state index in [9.17, 15) is 19.5 Å². The Bertz CT molecular complexity index is 1070. The van der Waals surface area contributed by atoms with Gasteiger partial charge in [-0.15, -0.1) is 0 Å². The Balaban J connectivity index is 4.41. The van der Waals surface area contributed by atoms with Crippen molar-refractivity contribution in [2.75, 3.05) is 47.5 Å². The van der Waals surface area contributed by atoms with Crippen molar-refractivity contribution in [3.05, 3.63) is 36.5 Å². The minimum absolute atomic E-state index is 0.185. The second-order valence-electron chi connectivity index (χ2n) is 17.4. The summed E-state index contributed by atoms with van der Waals surface area (Å²) in [6.45, 7) is 4.84. The lowest BCUT2D eigenvalue weighted by molar-refractivity contribution is -0.870. The summed E-state index contributed by atoms with van der Waals surface area (Å²) in [4.78, 5) is 37.2. The van der Waals surface area contributed by atoms with Crippen LogP contribution in [0.15, 0.2) is 36.5 Å². The number of esters is 2. The summed E-state index contributed by atoms with van der Waals surface area (Å²) >= 11 is 0. The zero-order valence-electron chi connectivity index (χ0n) is 38.9. The molecular weight excluding hydrogens is 743 g/mol. The Morgan fingerprint density at radius 1 is 0.508 bits per heavy atom. The van der Waals surface area contributed by atoms with E-state index in [-0.39, 0.29) is 32.2 Å². The lowest BCUT2D eigenvalue weighted by Crippen LogP contribution is -2.40. The molecule has 0 amide bonds. The van der Waals surface area contributed by atoms with Crippen LogP contribution in [0.4, 0.5) is 0 Å². The van der Waals surface area contributed by atoms with Gasteiger partial charge in [-0.1, -0.05) is 179 Å². The van der Waals surface area contributed by atoms with Gasteiger partial charge in [-0.05, 0) is 51.4 Å². The third-order valence-corrected chi connectivity index (χ3v) is 10.4. The maximum Gasteiger partial charge on any atom is 0.361 e. The van der Waals surface area contributed by atoms with E-state index in [2.05, 4.69) is 50.3 Å². The first kappa shape index (κ1) is 56.5. The van der Waals surface area contributed by atoms with Crippen molar-refractivity contribution >= 4 is 17.9 Å². The molecule has 2 unspecified atom stereocenters. The molecular formula is C50H92NO8+. The van der Waals surface area contributed by atoms with E-state index in [0.717, 1.165) is 57.8 Å². The third-order valence-electron chi connectivity index (χ3n) is 10.4. The van der Waals surface area contributed by atoms with E-state index in [0.29, 0.717) is 23.9 Å². The predicted octanol–water partition coefficient (Wildman–Crippen LogP) is 13.0. The first-order chi connectivity index (χ1) is 28.6. The molecule has 0 saturated carbocycles. The van der Waals surface area contributed by atoms with Crippen LogP contribution in [0, 0.1) is 0 Å². The van der Waals surface area contributed by atoms with Crippen molar-refractivity contribution in [3.63, 3.8) is 0 Å². The molecule has 0 aromatic rings. The average molecular weight is 835 g/mol. The van der Waals surface area contributed by atoms with Crippen LogP contribution in [0.25, 0.3) is 0 Å². The topological polar surface area (TPSA) is 108 Å². The summed E-state index contributed by atoms with van der Waals surface area (Å²) < 4.78 is 22.8. The number of carbonyl (C=O) groups is 3. The molecule has 0 aliphatic carbocycles. The highest BCUT2D eigenvalue weighted by molar-refractivity contribution is 5.71. The van der Waals surface area contributed by atoms with Crippen molar-refractivity contribution in [2.45, 2.75) is 219 Å². The molecule has 0 spiro atoms. The fourth-order valence-electron chi connectivity index (χ4n) is 6.61. The number of ether oxygens (including phenoxy) is 4.